The van der Waals surface area contributed by atoms with Crippen LogP contribution in [0.3, 0.4) is 0 Å². The van der Waals surface area contributed by atoms with Crippen LogP contribution in [0.25, 0.3) is 0 Å². The molecule has 0 radical (unpaired) electrons. The van der Waals surface area contributed by atoms with Crippen molar-refractivity contribution >= 4 is 10.2 Å². The highest BCUT2D eigenvalue weighted by Gasteiger charge is 2.34. The Hall–Kier alpha value is -0.210. The summed E-state index contributed by atoms with van der Waals surface area (Å²) in [5.74, 6) is 0. The minimum absolute atomic E-state index is 0.0791. The first-order valence-corrected chi connectivity index (χ1v) is 5.47. The maximum atomic E-state index is 11.4. The SMILES string of the molecule is CN1CCN(C[C@H](O)CN)S1(=O)=O. The maximum Gasteiger partial charge on any atom is 0.281 e. The van der Waals surface area contributed by atoms with Crippen LogP contribution in [0.2, 0.25) is 0 Å². The summed E-state index contributed by atoms with van der Waals surface area (Å²) < 4.78 is 25.4. The van der Waals surface area contributed by atoms with Crippen molar-refractivity contribution in [1.82, 2.24) is 8.61 Å². The Balaban J connectivity index is 2.63. The van der Waals surface area contributed by atoms with Gasteiger partial charge in [0, 0.05) is 33.2 Å². The molecule has 0 aliphatic carbocycles. The minimum Gasteiger partial charge on any atom is -0.390 e. The third kappa shape index (κ3) is 2.18. The summed E-state index contributed by atoms with van der Waals surface area (Å²) >= 11 is 0. The standard InChI is InChI=1S/C6H15N3O3S/c1-8-2-3-9(13(8,11)12)5-6(10)4-7/h6,10H,2-5,7H2,1H3/t6-/m1/s1. The Morgan fingerprint density at radius 3 is 2.54 bits per heavy atom. The number of hydrogen-bond acceptors (Lipinski definition) is 4. The normalized spacial score (nSPS) is 26.4. The first-order chi connectivity index (χ1) is 5.98. The Kier molecular flexibility index (Phi) is 3.25. The average Bonchev–Trinajstić information content (AvgIpc) is 2.31. The van der Waals surface area contributed by atoms with Gasteiger partial charge in [-0.15, -0.1) is 0 Å². The van der Waals surface area contributed by atoms with E-state index in [2.05, 4.69) is 0 Å². The molecule has 1 fully saturated rings. The van der Waals surface area contributed by atoms with E-state index in [0.29, 0.717) is 13.1 Å². The second kappa shape index (κ2) is 3.89. The summed E-state index contributed by atoms with van der Waals surface area (Å²) in [5, 5.41) is 9.19. The highest BCUT2D eigenvalue weighted by Crippen LogP contribution is 2.13. The van der Waals surface area contributed by atoms with E-state index in [9.17, 15) is 13.5 Å². The van der Waals surface area contributed by atoms with E-state index >= 15 is 0 Å². The van der Waals surface area contributed by atoms with Crippen LogP contribution in [0, 0.1) is 0 Å². The molecule has 0 aromatic heterocycles. The molecule has 1 saturated heterocycles. The van der Waals surface area contributed by atoms with Crippen LogP contribution in [0.4, 0.5) is 0 Å². The van der Waals surface area contributed by atoms with E-state index in [1.54, 1.807) is 0 Å². The van der Waals surface area contributed by atoms with Gasteiger partial charge in [0.1, 0.15) is 0 Å². The zero-order valence-corrected chi connectivity index (χ0v) is 8.37. The number of nitrogens with zero attached hydrogens (tertiary/aromatic N) is 2. The van der Waals surface area contributed by atoms with E-state index in [4.69, 9.17) is 5.73 Å². The minimum atomic E-state index is -3.32. The molecule has 1 heterocycles. The van der Waals surface area contributed by atoms with Gasteiger partial charge in [-0.2, -0.15) is 17.0 Å². The Morgan fingerprint density at radius 2 is 2.15 bits per heavy atom. The van der Waals surface area contributed by atoms with Crippen LogP contribution in [0.15, 0.2) is 0 Å². The lowest BCUT2D eigenvalue weighted by Gasteiger charge is -2.18. The fourth-order valence-corrected chi connectivity index (χ4v) is 2.55. The Bertz CT molecular complexity index is 266. The van der Waals surface area contributed by atoms with Crippen LogP contribution >= 0.6 is 0 Å². The van der Waals surface area contributed by atoms with Gasteiger partial charge < -0.3 is 10.8 Å². The van der Waals surface area contributed by atoms with E-state index in [0.717, 1.165) is 0 Å². The van der Waals surface area contributed by atoms with Crippen LogP contribution < -0.4 is 5.73 Å². The molecule has 78 valence electrons. The monoisotopic (exact) mass is 209 g/mol. The van der Waals surface area contributed by atoms with Crippen molar-refractivity contribution in [3.8, 4) is 0 Å². The van der Waals surface area contributed by atoms with Gasteiger partial charge in [0.15, 0.2) is 0 Å². The topological polar surface area (TPSA) is 86.9 Å². The summed E-state index contributed by atoms with van der Waals surface area (Å²) in [5.41, 5.74) is 5.19. The second-order valence-electron chi connectivity index (χ2n) is 3.08. The van der Waals surface area contributed by atoms with E-state index < -0.39 is 16.3 Å². The number of likely N-dealkylation sites (N-methyl/N-ethyl adjacent to an activating group) is 1. The molecule has 13 heavy (non-hydrogen) atoms. The number of β-amino-alcohol motifs (C(OH)–C–C–N with tert-alkyl or cyclic N) is 1. The lowest BCUT2D eigenvalue weighted by molar-refractivity contribution is 0.156. The number of hydrogen-bond donors (Lipinski definition) is 2. The van der Waals surface area contributed by atoms with Crippen LogP contribution in [-0.4, -0.2) is 61.5 Å². The second-order valence-corrected chi connectivity index (χ2v) is 5.11. The van der Waals surface area contributed by atoms with Gasteiger partial charge in [0.05, 0.1) is 6.10 Å². The van der Waals surface area contributed by atoms with Crippen molar-refractivity contribution in [1.29, 1.82) is 0 Å². The fourth-order valence-electron chi connectivity index (χ4n) is 1.18. The number of nitrogens with two attached hydrogens (primary N) is 1. The molecule has 1 aliphatic rings. The summed E-state index contributed by atoms with van der Waals surface area (Å²) in [7, 11) is -1.80. The summed E-state index contributed by atoms with van der Waals surface area (Å²) in [6, 6.07) is 0. The molecular formula is C6H15N3O3S. The lowest BCUT2D eigenvalue weighted by atomic mass is 10.3. The molecule has 0 spiro atoms. The zero-order valence-electron chi connectivity index (χ0n) is 7.55. The zero-order chi connectivity index (χ0) is 10.1. The van der Waals surface area contributed by atoms with E-state index in [1.165, 1.54) is 15.7 Å². The molecule has 3 N–H and O–H groups in total. The highest BCUT2D eigenvalue weighted by atomic mass is 32.2. The molecule has 0 aromatic rings. The number of aliphatic hydroxyl groups is 1. The molecule has 6 nitrogen and oxygen atoms in total. The molecule has 0 saturated carbocycles. The molecule has 0 aromatic carbocycles. The van der Waals surface area contributed by atoms with Crippen molar-refractivity contribution in [2.45, 2.75) is 6.10 Å². The predicted octanol–water partition coefficient (Wildman–Crippen LogP) is -2.20. The third-order valence-electron chi connectivity index (χ3n) is 2.07. The van der Waals surface area contributed by atoms with Gasteiger partial charge in [0.25, 0.3) is 10.2 Å². The molecule has 1 rings (SSSR count). The van der Waals surface area contributed by atoms with Crippen molar-refractivity contribution in [2.24, 2.45) is 5.73 Å². The van der Waals surface area contributed by atoms with Crippen molar-refractivity contribution in [2.75, 3.05) is 33.2 Å². The summed E-state index contributed by atoms with van der Waals surface area (Å²) in [4.78, 5) is 0. The largest absolute Gasteiger partial charge is 0.390 e. The molecule has 0 amide bonds. The van der Waals surface area contributed by atoms with Crippen molar-refractivity contribution in [3.05, 3.63) is 0 Å². The van der Waals surface area contributed by atoms with Crippen LogP contribution in [0.1, 0.15) is 0 Å². The van der Waals surface area contributed by atoms with Gasteiger partial charge in [-0.25, -0.2) is 0 Å². The number of rotatable bonds is 3. The number of aliphatic hydroxyl groups excluding tert-OH is 1. The summed E-state index contributed by atoms with van der Waals surface area (Å²) in [6.45, 7) is 1.06. The van der Waals surface area contributed by atoms with E-state index in [-0.39, 0.29) is 13.1 Å². The van der Waals surface area contributed by atoms with Crippen LogP contribution in [0.5, 0.6) is 0 Å². The van der Waals surface area contributed by atoms with Crippen LogP contribution in [-0.2, 0) is 10.2 Å². The van der Waals surface area contributed by atoms with Gasteiger partial charge in [0.2, 0.25) is 0 Å². The van der Waals surface area contributed by atoms with Gasteiger partial charge >= 0.3 is 0 Å². The lowest BCUT2D eigenvalue weighted by Crippen LogP contribution is -2.39. The molecule has 0 bridgehead atoms. The van der Waals surface area contributed by atoms with Crippen molar-refractivity contribution < 1.29 is 13.5 Å². The van der Waals surface area contributed by atoms with Gasteiger partial charge in [-0.3, -0.25) is 0 Å². The van der Waals surface area contributed by atoms with Gasteiger partial charge in [-0.05, 0) is 0 Å². The Morgan fingerprint density at radius 1 is 1.54 bits per heavy atom. The maximum absolute atomic E-state index is 11.4. The smallest absolute Gasteiger partial charge is 0.281 e. The van der Waals surface area contributed by atoms with E-state index in [1.807, 2.05) is 0 Å². The van der Waals surface area contributed by atoms with Gasteiger partial charge in [-0.1, -0.05) is 0 Å². The third-order valence-corrected chi connectivity index (χ3v) is 4.03. The molecule has 0 unspecified atom stereocenters. The summed E-state index contributed by atoms with van der Waals surface area (Å²) in [6.07, 6.45) is -0.777. The fraction of sp³-hybridized carbons (Fsp3) is 1.00. The molecule has 1 aliphatic heterocycles. The highest BCUT2D eigenvalue weighted by molar-refractivity contribution is 7.87. The molecular weight excluding hydrogens is 194 g/mol. The Labute approximate surface area is 78.1 Å². The molecule has 1 atom stereocenters. The first-order valence-electron chi connectivity index (χ1n) is 4.08. The first kappa shape index (κ1) is 10.9. The average molecular weight is 209 g/mol. The molecule has 7 heteroatoms. The predicted molar refractivity (Wildman–Crippen MR) is 48.2 cm³/mol. The van der Waals surface area contributed by atoms with Crippen molar-refractivity contribution in [3.63, 3.8) is 0 Å². The quantitative estimate of drug-likeness (QED) is 0.552.